The molecule has 0 unspecified atom stereocenters. The van der Waals surface area contributed by atoms with E-state index in [9.17, 15) is 0 Å². The summed E-state index contributed by atoms with van der Waals surface area (Å²) in [5.41, 5.74) is 19.7. The van der Waals surface area contributed by atoms with Crippen molar-refractivity contribution in [3.05, 3.63) is 218 Å². The molecule has 10 aromatic carbocycles. The van der Waals surface area contributed by atoms with Crippen LogP contribution in [0.15, 0.2) is 218 Å². The van der Waals surface area contributed by atoms with Crippen molar-refractivity contribution < 1.29 is 0 Å². The maximum Gasteiger partial charge on any atom is 0.0553 e. The van der Waals surface area contributed by atoms with Crippen LogP contribution >= 0.6 is 0 Å². The van der Waals surface area contributed by atoms with Gasteiger partial charge in [0.1, 0.15) is 0 Å². The predicted molar refractivity (Wildman–Crippen MR) is 253 cm³/mol. The maximum absolute atomic E-state index is 2.48. The molecule has 0 bridgehead atoms. The van der Waals surface area contributed by atoms with Crippen LogP contribution in [0.1, 0.15) is 0 Å². The van der Waals surface area contributed by atoms with E-state index in [0.717, 1.165) is 11.4 Å². The normalized spacial score (nSPS) is 12.0. The number of para-hydroxylation sites is 1. The second-order valence-corrected chi connectivity index (χ2v) is 16.1. The van der Waals surface area contributed by atoms with Gasteiger partial charge in [-0.15, -0.1) is 0 Å². The molecule has 0 spiro atoms. The lowest BCUT2D eigenvalue weighted by Crippen LogP contribution is -1.94. The molecule has 60 heavy (non-hydrogen) atoms. The molecule has 2 heterocycles. The third-order valence-corrected chi connectivity index (χ3v) is 12.8. The monoisotopic (exact) mass is 760 g/mol. The summed E-state index contributed by atoms with van der Waals surface area (Å²) in [6, 6.07) is 80.4. The minimum Gasteiger partial charge on any atom is -0.309 e. The van der Waals surface area contributed by atoms with Crippen molar-refractivity contribution in [1.29, 1.82) is 0 Å². The Morgan fingerprint density at radius 2 is 0.717 bits per heavy atom. The van der Waals surface area contributed by atoms with E-state index in [1.54, 1.807) is 0 Å². The number of hydrogen-bond donors (Lipinski definition) is 0. The lowest BCUT2D eigenvalue weighted by Gasteiger charge is -2.11. The summed E-state index contributed by atoms with van der Waals surface area (Å²) in [6.45, 7) is 0. The van der Waals surface area contributed by atoms with E-state index in [-0.39, 0.29) is 0 Å². The standard InChI is InChI=1S/C58H36N2/c1-3-13-37(14-4-1)39-25-29-43(30-26-39)59-55-32-28-42(35-52(55)58-49-23-12-22-48-45-19-7-8-20-46(45)51(57(48)49)36-56(58)59)41-27-31-54-50(34-41)47-21-9-10-24-53(47)60(54)44-18-11-17-40(33-44)38-15-5-2-6-16-38/h1-36H. The van der Waals surface area contributed by atoms with Crippen LogP contribution in [0.4, 0.5) is 0 Å². The summed E-state index contributed by atoms with van der Waals surface area (Å²) < 4.78 is 4.90. The largest absolute Gasteiger partial charge is 0.309 e. The first kappa shape index (κ1) is 33.1. The average Bonchev–Trinajstić information content (AvgIpc) is 3.96. The summed E-state index contributed by atoms with van der Waals surface area (Å²) in [5, 5.41) is 7.70. The van der Waals surface area contributed by atoms with Gasteiger partial charge in [-0.2, -0.15) is 0 Å². The Balaban J connectivity index is 1.03. The molecule has 1 aliphatic rings. The average molecular weight is 761 g/mol. The molecule has 0 amide bonds. The zero-order chi connectivity index (χ0) is 39.3. The number of fused-ring (bicyclic) bond motifs is 10. The summed E-state index contributed by atoms with van der Waals surface area (Å²) in [7, 11) is 0. The van der Waals surface area contributed by atoms with Crippen molar-refractivity contribution >= 4 is 54.4 Å². The van der Waals surface area contributed by atoms with Crippen LogP contribution < -0.4 is 0 Å². The van der Waals surface area contributed by atoms with E-state index in [0.29, 0.717) is 0 Å². The summed E-state index contributed by atoms with van der Waals surface area (Å²) in [4.78, 5) is 0. The topological polar surface area (TPSA) is 9.86 Å². The highest BCUT2D eigenvalue weighted by Gasteiger charge is 2.26. The lowest BCUT2D eigenvalue weighted by atomic mass is 9.96. The third-order valence-electron chi connectivity index (χ3n) is 12.8. The Morgan fingerprint density at radius 3 is 1.48 bits per heavy atom. The van der Waals surface area contributed by atoms with Gasteiger partial charge in [0, 0.05) is 32.9 Å². The first-order valence-corrected chi connectivity index (χ1v) is 20.8. The minimum atomic E-state index is 1.15. The molecule has 0 saturated heterocycles. The van der Waals surface area contributed by atoms with Gasteiger partial charge in [-0.05, 0) is 127 Å². The molecule has 0 N–H and O–H groups in total. The fourth-order valence-electron chi connectivity index (χ4n) is 10.2. The van der Waals surface area contributed by atoms with Crippen LogP contribution in [0.5, 0.6) is 0 Å². The lowest BCUT2D eigenvalue weighted by molar-refractivity contribution is 1.18. The van der Waals surface area contributed by atoms with Gasteiger partial charge < -0.3 is 9.13 Å². The van der Waals surface area contributed by atoms with Crippen molar-refractivity contribution in [2.45, 2.75) is 0 Å². The second-order valence-electron chi connectivity index (χ2n) is 16.1. The van der Waals surface area contributed by atoms with Crippen LogP contribution in [0.3, 0.4) is 0 Å². The van der Waals surface area contributed by atoms with Gasteiger partial charge >= 0.3 is 0 Å². The van der Waals surface area contributed by atoms with Crippen LogP contribution in [-0.2, 0) is 0 Å². The second kappa shape index (κ2) is 12.8. The molecule has 1 aliphatic carbocycles. The smallest absolute Gasteiger partial charge is 0.0553 e. The molecule has 278 valence electrons. The first-order chi connectivity index (χ1) is 29.8. The van der Waals surface area contributed by atoms with Crippen molar-refractivity contribution in [1.82, 2.24) is 9.13 Å². The fraction of sp³-hybridized carbons (Fsp3) is 0. The molecule has 13 rings (SSSR count). The summed E-state index contributed by atoms with van der Waals surface area (Å²) >= 11 is 0. The molecule has 2 heteroatoms. The molecule has 12 aromatic rings. The van der Waals surface area contributed by atoms with Gasteiger partial charge in [0.05, 0.1) is 22.1 Å². The van der Waals surface area contributed by atoms with Gasteiger partial charge in [0.15, 0.2) is 0 Å². The highest BCUT2D eigenvalue weighted by Crippen LogP contribution is 2.51. The Morgan fingerprint density at radius 1 is 0.217 bits per heavy atom. The van der Waals surface area contributed by atoms with Crippen LogP contribution in [0.2, 0.25) is 0 Å². The Hall–Kier alpha value is -7.94. The molecule has 2 aromatic heterocycles. The minimum absolute atomic E-state index is 1.15. The summed E-state index contributed by atoms with van der Waals surface area (Å²) in [5.74, 6) is 0. The SMILES string of the molecule is c1ccc(-c2ccc(-n3c4ccc(-c5ccc6c(c5)c5ccccc5n6-c5cccc(-c6ccccc6)c5)cc4c4c5cccc6c5c(cc43)-c3ccccc3-6)cc2)cc1. The van der Waals surface area contributed by atoms with Crippen molar-refractivity contribution in [3.63, 3.8) is 0 Å². The molecule has 0 radical (unpaired) electrons. The van der Waals surface area contributed by atoms with Gasteiger partial charge in [-0.3, -0.25) is 0 Å². The maximum atomic E-state index is 2.48. The third kappa shape index (κ3) is 4.82. The van der Waals surface area contributed by atoms with E-state index >= 15 is 0 Å². The van der Waals surface area contributed by atoms with Gasteiger partial charge in [-0.25, -0.2) is 0 Å². The number of rotatable bonds is 5. The highest BCUT2D eigenvalue weighted by molar-refractivity contribution is 6.29. The van der Waals surface area contributed by atoms with E-state index < -0.39 is 0 Å². The van der Waals surface area contributed by atoms with Crippen LogP contribution in [-0.4, -0.2) is 9.13 Å². The van der Waals surface area contributed by atoms with E-state index in [1.807, 2.05) is 0 Å². The number of hydrogen-bond acceptors (Lipinski definition) is 0. The van der Waals surface area contributed by atoms with Crippen LogP contribution in [0.25, 0.3) is 121 Å². The van der Waals surface area contributed by atoms with Crippen LogP contribution in [0, 0.1) is 0 Å². The predicted octanol–water partition coefficient (Wildman–Crippen LogP) is 15.7. The fourth-order valence-corrected chi connectivity index (χ4v) is 10.2. The zero-order valence-electron chi connectivity index (χ0n) is 32.7. The van der Waals surface area contributed by atoms with Crippen molar-refractivity contribution in [2.24, 2.45) is 0 Å². The van der Waals surface area contributed by atoms with Gasteiger partial charge in [-0.1, -0.05) is 158 Å². The Labute approximate surface area is 347 Å². The molecular formula is C58H36N2. The Bertz CT molecular complexity index is 3680. The van der Waals surface area contributed by atoms with Gasteiger partial charge in [0.25, 0.3) is 0 Å². The van der Waals surface area contributed by atoms with Crippen molar-refractivity contribution in [3.8, 4) is 67.0 Å². The first-order valence-electron chi connectivity index (χ1n) is 20.8. The molecule has 0 aliphatic heterocycles. The molecule has 0 atom stereocenters. The van der Waals surface area contributed by atoms with E-state index in [4.69, 9.17) is 0 Å². The highest BCUT2D eigenvalue weighted by atomic mass is 15.0. The van der Waals surface area contributed by atoms with Gasteiger partial charge in [0.2, 0.25) is 0 Å². The van der Waals surface area contributed by atoms with Crippen molar-refractivity contribution in [2.75, 3.05) is 0 Å². The summed E-state index contributed by atoms with van der Waals surface area (Å²) in [6.07, 6.45) is 0. The number of nitrogens with zero attached hydrogens (tertiary/aromatic N) is 2. The van der Waals surface area contributed by atoms with E-state index in [2.05, 4.69) is 228 Å². The van der Waals surface area contributed by atoms with E-state index in [1.165, 1.54) is 110 Å². The quantitative estimate of drug-likeness (QED) is 0.165. The number of aromatic nitrogens is 2. The Kier molecular flexibility index (Phi) is 7.05. The molecular weight excluding hydrogens is 725 g/mol. The molecule has 2 nitrogen and oxygen atoms in total. The molecule has 0 fully saturated rings. The molecule has 0 saturated carbocycles. The number of benzene rings is 10. The zero-order valence-corrected chi connectivity index (χ0v) is 32.7.